The van der Waals surface area contributed by atoms with Crippen molar-refractivity contribution in [3.05, 3.63) is 20.8 Å². The summed E-state index contributed by atoms with van der Waals surface area (Å²) in [5, 5.41) is 3.30. The molecule has 1 saturated heterocycles. The highest BCUT2D eigenvalue weighted by Gasteiger charge is 2.23. The highest BCUT2D eigenvalue weighted by molar-refractivity contribution is 5.74. The highest BCUT2D eigenvalue weighted by atomic mass is 16.2. The highest BCUT2D eigenvalue weighted by Crippen LogP contribution is 2.19. The summed E-state index contributed by atoms with van der Waals surface area (Å²) >= 11 is 0. The van der Waals surface area contributed by atoms with Crippen LogP contribution in [0.5, 0.6) is 0 Å². The topological polar surface area (TPSA) is 77.1 Å². The summed E-state index contributed by atoms with van der Waals surface area (Å²) in [5.41, 5.74) is 0.215. The average molecular weight is 330 g/mol. The summed E-state index contributed by atoms with van der Waals surface area (Å²) < 4.78 is 4.52. The molecular weight excluding hydrogens is 308 g/mol. The van der Waals surface area contributed by atoms with Gasteiger partial charge in [-0.05, 0) is 13.8 Å². The van der Waals surface area contributed by atoms with Crippen LogP contribution in [0.15, 0.2) is 9.59 Å². The molecule has 8 heteroatoms. The molecule has 1 aliphatic rings. The van der Waals surface area contributed by atoms with Crippen LogP contribution in [-0.4, -0.2) is 44.9 Å². The molecule has 8 nitrogen and oxygen atoms in total. The summed E-state index contributed by atoms with van der Waals surface area (Å²) in [5.74, 6) is 6.59. The maximum Gasteiger partial charge on any atom is 0.332 e. The third kappa shape index (κ3) is 2.51. The van der Waals surface area contributed by atoms with Crippen LogP contribution in [0.1, 0.15) is 13.8 Å². The van der Waals surface area contributed by atoms with E-state index in [0.29, 0.717) is 30.2 Å². The molecular formula is C16H22N6O2. The lowest BCUT2D eigenvalue weighted by Crippen LogP contribution is -2.44. The number of hydrogen-bond acceptors (Lipinski definition) is 5. The van der Waals surface area contributed by atoms with Crippen molar-refractivity contribution >= 4 is 17.1 Å². The predicted molar refractivity (Wildman–Crippen MR) is 93.4 cm³/mol. The lowest BCUT2D eigenvalue weighted by molar-refractivity contribution is 0.572. The van der Waals surface area contributed by atoms with Crippen molar-refractivity contribution < 1.29 is 0 Å². The van der Waals surface area contributed by atoms with Crippen LogP contribution in [0.4, 0.5) is 5.95 Å². The summed E-state index contributed by atoms with van der Waals surface area (Å²) in [7, 11) is 1.65. The Balaban J connectivity index is 2.33. The maximum absolute atomic E-state index is 12.8. The lowest BCUT2D eigenvalue weighted by Gasteiger charge is -2.28. The normalized spacial score (nSPS) is 14.7. The number of nitrogens with one attached hydrogen (secondary N) is 1. The fourth-order valence-corrected chi connectivity index (χ4v) is 3.05. The van der Waals surface area contributed by atoms with Gasteiger partial charge in [0, 0.05) is 39.8 Å². The zero-order valence-electron chi connectivity index (χ0n) is 14.3. The second-order valence-corrected chi connectivity index (χ2v) is 5.72. The Kier molecular flexibility index (Phi) is 4.44. The van der Waals surface area contributed by atoms with Crippen molar-refractivity contribution in [1.29, 1.82) is 0 Å². The Labute approximate surface area is 139 Å². The van der Waals surface area contributed by atoms with Crippen molar-refractivity contribution in [3.63, 3.8) is 0 Å². The van der Waals surface area contributed by atoms with E-state index in [4.69, 9.17) is 0 Å². The van der Waals surface area contributed by atoms with Crippen LogP contribution in [0, 0.1) is 11.8 Å². The molecule has 0 spiro atoms. The predicted octanol–water partition coefficient (Wildman–Crippen LogP) is -0.650. The first kappa shape index (κ1) is 16.3. The quantitative estimate of drug-likeness (QED) is 0.757. The number of hydrogen-bond donors (Lipinski definition) is 1. The SMILES string of the molecule is CC#CCn1c(N2CCNCC2)nc2c1c(=O)n(CC)c(=O)n2C. The minimum Gasteiger partial charge on any atom is -0.340 e. The maximum atomic E-state index is 12.8. The molecule has 0 amide bonds. The molecule has 0 radical (unpaired) electrons. The molecule has 3 heterocycles. The molecule has 2 aromatic rings. The molecule has 0 aromatic carbocycles. The van der Waals surface area contributed by atoms with Crippen LogP contribution in [0.25, 0.3) is 11.2 Å². The summed E-state index contributed by atoms with van der Waals surface area (Å²) in [6.45, 7) is 7.60. The Morgan fingerprint density at radius 3 is 2.54 bits per heavy atom. The van der Waals surface area contributed by atoms with Gasteiger partial charge in [0.2, 0.25) is 5.95 Å². The third-order valence-electron chi connectivity index (χ3n) is 4.34. The van der Waals surface area contributed by atoms with Gasteiger partial charge in [0.15, 0.2) is 11.2 Å². The monoisotopic (exact) mass is 330 g/mol. The van der Waals surface area contributed by atoms with Gasteiger partial charge in [-0.3, -0.25) is 18.5 Å². The molecule has 1 N–H and O–H groups in total. The number of imidazole rings is 1. The molecule has 1 fully saturated rings. The van der Waals surface area contributed by atoms with E-state index in [9.17, 15) is 9.59 Å². The van der Waals surface area contributed by atoms with Crippen LogP contribution < -0.4 is 21.5 Å². The summed E-state index contributed by atoms with van der Waals surface area (Å²) in [4.78, 5) is 32.0. The lowest BCUT2D eigenvalue weighted by atomic mass is 10.4. The molecule has 0 unspecified atom stereocenters. The first-order valence-corrected chi connectivity index (χ1v) is 8.15. The van der Waals surface area contributed by atoms with Crippen LogP contribution in [0.2, 0.25) is 0 Å². The number of aryl methyl sites for hydroxylation is 1. The van der Waals surface area contributed by atoms with E-state index >= 15 is 0 Å². The smallest absolute Gasteiger partial charge is 0.332 e. The van der Waals surface area contributed by atoms with Crippen molar-refractivity contribution in [2.45, 2.75) is 26.9 Å². The van der Waals surface area contributed by atoms with Gasteiger partial charge in [-0.25, -0.2) is 4.79 Å². The zero-order chi connectivity index (χ0) is 17.3. The molecule has 0 saturated carbocycles. The number of anilines is 1. The Morgan fingerprint density at radius 1 is 1.21 bits per heavy atom. The molecule has 128 valence electrons. The average Bonchev–Trinajstić information content (AvgIpc) is 2.99. The molecule has 0 aliphatic carbocycles. The van der Waals surface area contributed by atoms with E-state index in [0.717, 1.165) is 26.2 Å². The first-order valence-electron chi connectivity index (χ1n) is 8.15. The second-order valence-electron chi connectivity index (χ2n) is 5.72. The standard InChI is InChI=1S/C16H22N6O2/c1-4-6-9-22-12-13(18-15(22)20-10-7-17-8-11-20)19(3)16(24)21(5-2)14(12)23/h17H,5,7-11H2,1-3H3. The van der Waals surface area contributed by atoms with E-state index in [1.807, 2.05) is 4.57 Å². The van der Waals surface area contributed by atoms with Gasteiger partial charge in [-0.1, -0.05) is 5.92 Å². The minimum atomic E-state index is -0.340. The van der Waals surface area contributed by atoms with Crippen LogP contribution in [0.3, 0.4) is 0 Å². The van der Waals surface area contributed by atoms with Crippen molar-refractivity contribution in [2.75, 3.05) is 31.1 Å². The molecule has 1 aliphatic heterocycles. The van der Waals surface area contributed by atoms with Gasteiger partial charge in [0.1, 0.15) is 0 Å². The Hall–Kier alpha value is -2.53. The van der Waals surface area contributed by atoms with Crippen LogP contribution >= 0.6 is 0 Å². The summed E-state index contributed by atoms with van der Waals surface area (Å²) in [6, 6.07) is 0. The molecule has 2 aromatic heterocycles. The molecule has 0 atom stereocenters. The Morgan fingerprint density at radius 2 is 1.92 bits per heavy atom. The molecule has 24 heavy (non-hydrogen) atoms. The number of fused-ring (bicyclic) bond motifs is 1. The van der Waals surface area contributed by atoms with Gasteiger partial charge in [0.05, 0.1) is 6.54 Å². The van der Waals surface area contributed by atoms with Crippen LogP contribution in [-0.2, 0) is 20.1 Å². The van der Waals surface area contributed by atoms with E-state index in [1.165, 1.54) is 9.13 Å². The molecule has 0 bridgehead atoms. The van der Waals surface area contributed by atoms with E-state index in [2.05, 4.69) is 27.0 Å². The number of rotatable bonds is 3. The number of piperazine rings is 1. The third-order valence-corrected chi connectivity index (χ3v) is 4.34. The Bertz CT molecular complexity index is 934. The van der Waals surface area contributed by atoms with E-state index in [-0.39, 0.29) is 11.2 Å². The van der Waals surface area contributed by atoms with Gasteiger partial charge in [-0.15, -0.1) is 5.92 Å². The van der Waals surface area contributed by atoms with Gasteiger partial charge in [-0.2, -0.15) is 4.98 Å². The number of nitrogens with zero attached hydrogens (tertiary/aromatic N) is 5. The van der Waals surface area contributed by atoms with Gasteiger partial charge >= 0.3 is 5.69 Å². The fourth-order valence-electron chi connectivity index (χ4n) is 3.05. The van der Waals surface area contributed by atoms with Gasteiger partial charge < -0.3 is 10.2 Å². The van der Waals surface area contributed by atoms with E-state index < -0.39 is 0 Å². The minimum absolute atomic E-state index is 0.303. The van der Waals surface area contributed by atoms with Crippen molar-refractivity contribution in [2.24, 2.45) is 7.05 Å². The largest absolute Gasteiger partial charge is 0.340 e. The van der Waals surface area contributed by atoms with E-state index in [1.54, 1.807) is 20.9 Å². The number of aromatic nitrogens is 4. The second kappa shape index (κ2) is 6.53. The molecule has 3 rings (SSSR count). The van der Waals surface area contributed by atoms with Crippen molar-refractivity contribution in [1.82, 2.24) is 24.0 Å². The van der Waals surface area contributed by atoms with Crippen molar-refractivity contribution in [3.8, 4) is 11.8 Å². The van der Waals surface area contributed by atoms with Gasteiger partial charge in [0.25, 0.3) is 5.56 Å². The fraction of sp³-hybridized carbons (Fsp3) is 0.562. The summed E-state index contributed by atoms with van der Waals surface area (Å²) in [6.07, 6.45) is 0. The first-order chi connectivity index (χ1) is 11.6. The zero-order valence-corrected chi connectivity index (χ0v) is 14.3.